The van der Waals surface area contributed by atoms with E-state index in [9.17, 15) is 5.11 Å². The number of nitrogens with zero attached hydrogens (tertiary/aromatic N) is 3. The van der Waals surface area contributed by atoms with E-state index in [0.717, 1.165) is 66.9 Å². The van der Waals surface area contributed by atoms with Crippen LogP contribution in [0.5, 0.6) is 0 Å². The topological polar surface area (TPSA) is 82.4 Å². The van der Waals surface area contributed by atoms with E-state index in [2.05, 4.69) is 33.3 Å². The fraction of sp³-hybridized carbons (Fsp3) is 0.348. The van der Waals surface area contributed by atoms with Gasteiger partial charge in [0, 0.05) is 24.1 Å². The molecule has 2 heterocycles. The van der Waals surface area contributed by atoms with Crippen LogP contribution in [0, 0.1) is 0 Å². The number of aliphatic hydroxyl groups is 1. The van der Waals surface area contributed by atoms with Gasteiger partial charge in [0.25, 0.3) is 0 Å². The molecule has 0 atom stereocenters. The minimum Gasteiger partial charge on any atom is -0.393 e. The average molecular weight is 390 g/mol. The quantitative estimate of drug-likeness (QED) is 0.662. The zero-order valence-corrected chi connectivity index (χ0v) is 16.5. The molecule has 0 radical (unpaired) electrons. The van der Waals surface area contributed by atoms with Crippen LogP contribution in [-0.2, 0) is 0 Å². The molecule has 0 spiro atoms. The Balaban J connectivity index is 1.59. The van der Waals surface area contributed by atoms with E-state index < -0.39 is 0 Å². The van der Waals surface area contributed by atoms with Gasteiger partial charge in [-0.1, -0.05) is 30.9 Å². The molecule has 1 saturated carbocycles. The summed E-state index contributed by atoms with van der Waals surface area (Å²) in [6, 6.07) is 8.26. The van der Waals surface area contributed by atoms with Crippen molar-refractivity contribution in [1.29, 1.82) is 0 Å². The fourth-order valence-electron chi connectivity index (χ4n) is 3.67. The Morgan fingerprint density at radius 3 is 2.55 bits per heavy atom. The maximum Gasteiger partial charge on any atom is 0.229 e. The fourth-order valence-corrected chi connectivity index (χ4v) is 3.67. The molecule has 2 aromatic rings. The van der Waals surface area contributed by atoms with E-state index in [4.69, 9.17) is 4.98 Å². The van der Waals surface area contributed by atoms with Crippen molar-refractivity contribution >= 4 is 35.4 Å². The van der Waals surface area contributed by atoms with Crippen molar-refractivity contribution in [2.24, 2.45) is 4.99 Å². The van der Waals surface area contributed by atoms with E-state index in [0.29, 0.717) is 12.0 Å². The molecule has 0 saturated heterocycles. The summed E-state index contributed by atoms with van der Waals surface area (Å²) < 4.78 is 0. The monoisotopic (exact) mass is 389 g/mol. The molecular formula is C23H27N5O. The Morgan fingerprint density at radius 2 is 1.86 bits per heavy atom. The van der Waals surface area contributed by atoms with Crippen molar-refractivity contribution in [2.45, 2.75) is 50.7 Å². The Labute approximate surface area is 171 Å². The highest BCUT2D eigenvalue weighted by atomic mass is 16.3. The van der Waals surface area contributed by atoms with Gasteiger partial charge in [0.05, 0.1) is 17.4 Å². The van der Waals surface area contributed by atoms with E-state index in [1.165, 1.54) is 0 Å². The first kappa shape index (κ1) is 19.3. The molecule has 0 unspecified atom stereocenters. The van der Waals surface area contributed by atoms with Crippen molar-refractivity contribution in [3.63, 3.8) is 0 Å². The molecule has 2 aliphatic rings. The first-order valence-electron chi connectivity index (χ1n) is 10.3. The van der Waals surface area contributed by atoms with Crippen molar-refractivity contribution in [3.8, 4) is 0 Å². The Morgan fingerprint density at radius 1 is 1.07 bits per heavy atom. The van der Waals surface area contributed by atoms with Gasteiger partial charge in [-0.05, 0) is 56.2 Å². The zero-order chi connectivity index (χ0) is 20.1. The second-order valence-corrected chi connectivity index (χ2v) is 7.54. The predicted molar refractivity (Wildman–Crippen MR) is 119 cm³/mol. The molecule has 4 rings (SSSR count). The SMILES string of the molecule is C=Cc1ccc(Nc2ncc(C3=CCCC=N3)c(N[C@H]3CC[C@H](O)CC3)n2)cc1. The molecule has 6 heteroatoms. The number of hydrogen-bond acceptors (Lipinski definition) is 6. The Hall–Kier alpha value is -2.99. The van der Waals surface area contributed by atoms with Gasteiger partial charge in [0.1, 0.15) is 5.82 Å². The number of benzene rings is 1. The van der Waals surface area contributed by atoms with Gasteiger partial charge in [-0.15, -0.1) is 0 Å². The summed E-state index contributed by atoms with van der Waals surface area (Å²) in [5.74, 6) is 1.33. The van der Waals surface area contributed by atoms with Gasteiger partial charge in [-0.25, -0.2) is 4.98 Å². The van der Waals surface area contributed by atoms with Gasteiger partial charge in [0.15, 0.2) is 0 Å². The molecule has 0 bridgehead atoms. The molecule has 0 amide bonds. The number of nitrogens with one attached hydrogen (secondary N) is 2. The van der Waals surface area contributed by atoms with Crippen molar-refractivity contribution in [1.82, 2.24) is 9.97 Å². The summed E-state index contributed by atoms with van der Waals surface area (Å²) in [5, 5.41) is 16.7. The lowest BCUT2D eigenvalue weighted by molar-refractivity contribution is 0.126. The van der Waals surface area contributed by atoms with Crippen molar-refractivity contribution in [3.05, 3.63) is 54.2 Å². The van der Waals surface area contributed by atoms with Gasteiger partial charge in [-0.3, -0.25) is 4.99 Å². The van der Waals surface area contributed by atoms with Crippen molar-refractivity contribution in [2.75, 3.05) is 10.6 Å². The first-order chi connectivity index (χ1) is 14.2. The maximum atomic E-state index is 9.80. The normalized spacial score (nSPS) is 21.3. The highest BCUT2D eigenvalue weighted by Crippen LogP contribution is 2.29. The van der Waals surface area contributed by atoms with E-state index >= 15 is 0 Å². The van der Waals surface area contributed by atoms with E-state index in [1.807, 2.05) is 42.8 Å². The molecular weight excluding hydrogens is 362 g/mol. The molecule has 1 aromatic carbocycles. The number of anilines is 3. The Bertz CT molecular complexity index is 911. The number of allylic oxidation sites excluding steroid dienone is 1. The number of hydrogen-bond donors (Lipinski definition) is 3. The summed E-state index contributed by atoms with van der Waals surface area (Å²) in [6.45, 7) is 3.78. The lowest BCUT2D eigenvalue weighted by Gasteiger charge is -2.27. The molecule has 6 nitrogen and oxygen atoms in total. The second-order valence-electron chi connectivity index (χ2n) is 7.54. The third kappa shape index (κ3) is 4.90. The van der Waals surface area contributed by atoms with Crippen LogP contribution in [0.15, 0.2) is 48.1 Å². The van der Waals surface area contributed by atoms with Crippen LogP contribution in [0.1, 0.15) is 49.7 Å². The third-order valence-electron chi connectivity index (χ3n) is 5.37. The lowest BCUT2D eigenvalue weighted by Crippen LogP contribution is -2.29. The maximum absolute atomic E-state index is 9.80. The van der Waals surface area contributed by atoms with E-state index in [1.54, 1.807) is 0 Å². The summed E-state index contributed by atoms with van der Waals surface area (Å²) in [4.78, 5) is 13.8. The van der Waals surface area contributed by atoms with Gasteiger partial charge in [0.2, 0.25) is 5.95 Å². The van der Waals surface area contributed by atoms with Crippen LogP contribution in [0.25, 0.3) is 11.8 Å². The molecule has 1 aromatic heterocycles. The third-order valence-corrected chi connectivity index (χ3v) is 5.37. The summed E-state index contributed by atoms with van der Waals surface area (Å²) in [7, 11) is 0. The number of rotatable bonds is 6. The smallest absolute Gasteiger partial charge is 0.229 e. The molecule has 1 aliphatic carbocycles. The van der Waals surface area contributed by atoms with Crippen LogP contribution in [0.4, 0.5) is 17.5 Å². The zero-order valence-electron chi connectivity index (χ0n) is 16.5. The molecule has 1 fully saturated rings. The largest absolute Gasteiger partial charge is 0.393 e. The minimum atomic E-state index is -0.181. The molecule has 150 valence electrons. The summed E-state index contributed by atoms with van der Waals surface area (Å²) in [6.07, 6.45) is 13.0. The molecule has 1 aliphatic heterocycles. The standard InChI is InChI=1S/C23H27N5O/c1-2-16-6-8-18(9-7-16)27-23-25-15-20(21-5-3-4-14-24-21)22(28-23)26-17-10-12-19(29)13-11-17/h2,5-9,14-15,17,19,29H,1,3-4,10-13H2,(H2,25,26,27,28)/t17-,19-. The van der Waals surface area contributed by atoms with Crippen molar-refractivity contribution < 1.29 is 5.11 Å². The second kappa shape index (κ2) is 9.01. The van der Waals surface area contributed by atoms with Gasteiger partial charge in [-0.2, -0.15) is 4.98 Å². The molecule has 3 N–H and O–H groups in total. The van der Waals surface area contributed by atoms with Gasteiger partial charge >= 0.3 is 0 Å². The van der Waals surface area contributed by atoms with Crippen LogP contribution < -0.4 is 10.6 Å². The first-order valence-corrected chi connectivity index (χ1v) is 10.3. The average Bonchev–Trinajstić information content (AvgIpc) is 2.77. The number of aliphatic imine (C=N–C) groups is 1. The summed E-state index contributed by atoms with van der Waals surface area (Å²) in [5.41, 5.74) is 3.82. The molecule has 29 heavy (non-hydrogen) atoms. The van der Waals surface area contributed by atoms with Gasteiger partial charge < -0.3 is 15.7 Å². The van der Waals surface area contributed by atoms with Crippen LogP contribution in [0.2, 0.25) is 0 Å². The lowest BCUT2D eigenvalue weighted by atomic mass is 9.93. The minimum absolute atomic E-state index is 0.181. The van der Waals surface area contributed by atoms with Crippen LogP contribution in [0.3, 0.4) is 0 Å². The van der Waals surface area contributed by atoms with E-state index in [-0.39, 0.29) is 6.10 Å². The highest BCUT2D eigenvalue weighted by molar-refractivity contribution is 5.81. The number of aromatic nitrogens is 2. The number of aliphatic hydroxyl groups excluding tert-OH is 1. The summed E-state index contributed by atoms with van der Waals surface area (Å²) >= 11 is 0. The predicted octanol–water partition coefficient (Wildman–Crippen LogP) is 4.78. The highest BCUT2D eigenvalue weighted by Gasteiger charge is 2.22. The Kier molecular flexibility index (Phi) is 6.00. The van der Waals surface area contributed by atoms with Crippen LogP contribution in [-0.4, -0.2) is 33.4 Å². The van der Waals surface area contributed by atoms with Crippen LogP contribution >= 0.6 is 0 Å².